The molecule has 0 radical (unpaired) electrons. The summed E-state index contributed by atoms with van der Waals surface area (Å²) < 4.78 is 6.48. The van der Waals surface area contributed by atoms with E-state index in [1.807, 2.05) is 18.2 Å². The summed E-state index contributed by atoms with van der Waals surface area (Å²) in [4.78, 5) is 10.8. The molecule has 1 aromatic rings. The molecule has 0 aromatic heterocycles. The zero-order valence-electron chi connectivity index (χ0n) is 7.37. The van der Waals surface area contributed by atoms with Gasteiger partial charge in [0.05, 0.1) is 5.92 Å². The summed E-state index contributed by atoms with van der Waals surface area (Å²) in [6.45, 7) is 0.281. The van der Waals surface area contributed by atoms with E-state index < -0.39 is 11.9 Å². The minimum absolute atomic E-state index is 0.281. The lowest BCUT2D eigenvalue weighted by Gasteiger charge is -2.22. The molecule has 0 spiro atoms. The fourth-order valence-electron chi connectivity index (χ4n) is 1.52. The lowest BCUT2D eigenvalue weighted by molar-refractivity contribution is -0.143. The maximum absolute atomic E-state index is 10.8. The number of fused-ring (bicyclic) bond motifs is 1. The highest BCUT2D eigenvalue weighted by Gasteiger charge is 2.25. The van der Waals surface area contributed by atoms with Crippen LogP contribution in [-0.4, -0.2) is 17.7 Å². The predicted molar refractivity (Wildman–Crippen MR) is 59.5 cm³/mol. The van der Waals surface area contributed by atoms with Gasteiger partial charge in [-0.3, -0.25) is 4.79 Å². The molecule has 0 aliphatic carbocycles. The molecule has 3 nitrogen and oxygen atoms in total. The van der Waals surface area contributed by atoms with Crippen LogP contribution in [0.2, 0.25) is 0 Å². The first-order valence-corrected chi connectivity index (χ1v) is 5.39. The molecule has 0 saturated heterocycles. The molecular weight excluding hydrogens is 295 g/mol. The second-order valence-corrected chi connectivity index (χ2v) is 4.55. The van der Waals surface area contributed by atoms with Crippen molar-refractivity contribution in [1.82, 2.24) is 0 Å². The van der Waals surface area contributed by atoms with Crippen LogP contribution in [0, 0.1) is 9.49 Å². The van der Waals surface area contributed by atoms with Gasteiger partial charge in [-0.05, 0) is 52.8 Å². The van der Waals surface area contributed by atoms with E-state index in [0.717, 1.165) is 14.9 Å². The number of hydrogen-bond donors (Lipinski definition) is 1. The Morgan fingerprint density at radius 3 is 3.07 bits per heavy atom. The van der Waals surface area contributed by atoms with Gasteiger partial charge < -0.3 is 9.84 Å². The Balaban J connectivity index is 2.29. The van der Waals surface area contributed by atoms with Crippen LogP contribution in [0.5, 0.6) is 5.75 Å². The van der Waals surface area contributed by atoms with Crippen LogP contribution in [0.4, 0.5) is 0 Å². The van der Waals surface area contributed by atoms with Crippen molar-refractivity contribution in [3.63, 3.8) is 0 Å². The van der Waals surface area contributed by atoms with Crippen molar-refractivity contribution >= 4 is 28.6 Å². The van der Waals surface area contributed by atoms with E-state index in [0.29, 0.717) is 6.42 Å². The molecule has 2 rings (SSSR count). The SMILES string of the molecule is O=C(O)[C@@H]1COc2ccc(I)cc2C1. The monoisotopic (exact) mass is 304 g/mol. The topological polar surface area (TPSA) is 46.5 Å². The number of aliphatic carboxylic acids is 1. The summed E-state index contributed by atoms with van der Waals surface area (Å²) >= 11 is 2.21. The molecule has 1 atom stereocenters. The Kier molecular flexibility index (Phi) is 2.62. The first kappa shape index (κ1) is 9.76. The molecule has 1 N–H and O–H groups in total. The summed E-state index contributed by atoms with van der Waals surface area (Å²) in [7, 11) is 0. The van der Waals surface area contributed by atoms with Crippen LogP contribution in [0.25, 0.3) is 0 Å². The number of benzene rings is 1. The van der Waals surface area contributed by atoms with Gasteiger partial charge in [-0.25, -0.2) is 0 Å². The van der Waals surface area contributed by atoms with E-state index in [1.54, 1.807) is 0 Å². The van der Waals surface area contributed by atoms with Crippen molar-refractivity contribution in [3.8, 4) is 5.75 Å². The lowest BCUT2D eigenvalue weighted by atomic mass is 9.97. The minimum Gasteiger partial charge on any atom is -0.492 e. The van der Waals surface area contributed by atoms with Crippen LogP contribution in [-0.2, 0) is 11.2 Å². The Hall–Kier alpha value is -0.780. The molecule has 1 aliphatic heterocycles. The van der Waals surface area contributed by atoms with Gasteiger partial charge in [-0.15, -0.1) is 0 Å². The normalized spacial score (nSPS) is 19.6. The number of rotatable bonds is 1. The number of carboxylic acids is 1. The molecule has 0 unspecified atom stereocenters. The van der Waals surface area contributed by atoms with Crippen LogP contribution in [0.1, 0.15) is 5.56 Å². The molecule has 1 heterocycles. The average Bonchev–Trinajstić information content (AvgIpc) is 2.16. The Morgan fingerprint density at radius 1 is 1.57 bits per heavy atom. The molecule has 0 bridgehead atoms. The van der Waals surface area contributed by atoms with E-state index >= 15 is 0 Å². The van der Waals surface area contributed by atoms with Gasteiger partial charge in [0.1, 0.15) is 12.4 Å². The van der Waals surface area contributed by atoms with E-state index in [-0.39, 0.29) is 6.61 Å². The second-order valence-electron chi connectivity index (χ2n) is 3.30. The van der Waals surface area contributed by atoms with Crippen molar-refractivity contribution in [1.29, 1.82) is 0 Å². The highest BCUT2D eigenvalue weighted by Crippen LogP contribution is 2.28. The number of halogens is 1. The van der Waals surface area contributed by atoms with Crippen LogP contribution in [0.3, 0.4) is 0 Å². The fraction of sp³-hybridized carbons (Fsp3) is 0.300. The van der Waals surface area contributed by atoms with Gasteiger partial charge in [0.25, 0.3) is 0 Å². The minimum atomic E-state index is -0.783. The third-order valence-electron chi connectivity index (χ3n) is 2.28. The number of carbonyl (C=O) groups is 1. The third kappa shape index (κ3) is 1.84. The van der Waals surface area contributed by atoms with E-state index in [4.69, 9.17) is 9.84 Å². The standard InChI is InChI=1S/C10H9IO3/c11-8-1-2-9-6(4-8)3-7(5-14-9)10(12)13/h1-2,4,7H,3,5H2,(H,12,13)/t7-/m0/s1. The van der Waals surface area contributed by atoms with Crippen LogP contribution >= 0.6 is 22.6 Å². The lowest BCUT2D eigenvalue weighted by Crippen LogP contribution is -2.27. The summed E-state index contributed by atoms with van der Waals surface area (Å²) in [5, 5.41) is 8.85. The van der Waals surface area contributed by atoms with Gasteiger partial charge >= 0.3 is 5.97 Å². The maximum atomic E-state index is 10.8. The maximum Gasteiger partial charge on any atom is 0.310 e. The quantitative estimate of drug-likeness (QED) is 0.806. The Morgan fingerprint density at radius 2 is 2.36 bits per heavy atom. The zero-order chi connectivity index (χ0) is 10.1. The smallest absolute Gasteiger partial charge is 0.310 e. The second kappa shape index (κ2) is 3.76. The highest BCUT2D eigenvalue weighted by atomic mass is 127. The van der Waals surface area contributed by atoms with Gasteiger partial charge in [-0.2, -0.15) is 0 Å². The van der Waals surface area contributed by atoms with Crippen LogP contribution in [0.15, 0.2) is 18.2 Å². The summed E-state index contributed by atoms with van der Waals surface area (Å²) in [6.07, 6.45) is 0.571. The molecule has 74 valence electrons. The molecule has 0 fully saturated rings. The first-order chi connectivity index (χ1) is 6.66. The largest absolute Gasteiger partial charge is 0.492 e. The van der Waals surface area contributed by atoms with Gasteiger partial charge in [0, 0.05) is 3.57 Å². The predicted octanol–water partition coefficient (Wildman–Crippen LogP) is 1.93. The van der Waals surface area contributed by atoms with Gasteiger partial charge in [0.2, 0.25) is 0 Å². The summed E-state index contributed by atoms with van der Waals surface area (Å²) in [6, 6.07) is 5.83. The zero-order valence-corrected chi connectivity index (χ0v) is 9.52. The third-order valence-corrected chi connectivity index (χ3v) is 2.95. The Labute approximate surface area is 95.2 Å². The molecule has 0 amide bonds. The van der Waals surface area contributed by atoms with Crippen molar-refractivity contribution < 1.29 is 14.6 Å². The molecule has 4 heteroatoms. The molecule has 1 aliphatic rings. The van der Waals surface area contributed by atoms with Gasteiger partial charge in [-0.1, -0.05) is 0 Å². The number of ether oxygens (including phenoxy) is 1. The van der Waals surface area contributed by atoms with E-state index in [1.165, 1.54) is 0 Å². The van der Waals surface area contributed by atoms with Crippen LogP contribution < -0.4 is 4.74 Å². The van der Waals surface area contributed by atoms with E-state index in [2.05, 4.69) is 22.6 Å². The number of carboxylic acid groups (broad SMARTS) is 1. The average molecular weight is 304 g/mol. The summed E-state index contributed by atoms with van der Waals surface area (Å²) in [5.74, 6) is -0.363. The first-order valence-electron chi connectivity index (χ1n) is 4.31. The summed E-state index contributed by atoms with van der Waals surface area (Å²) in [5.41, 5.74) is 0.996. The molecular formula is C10H9IO3. The van der Waals surface area contributed by atoms with Crippen molar-refractivity contribution in [2.75, 3.05) is 6.61 Å². The Bertz CT molecular complexity index is 376. The van der Waals surface area contributed by atoms with E-state index in [9.17, 15) is 4.79 Å². The molecule has 0 saturated carbocycles. The molecule has 1 aromatic carbocycles. The van der Waals surface area contributed by atoms with Gasteiger partial charge in [0.15, 0.2) is 0 Å². The van der Waals surface area contributed by atoms with Crippen molar-refractivity contribution in [2.45, 2.75) is 6.42 Å². The van der Waals surface area contributed by atoms with Crippen molar-refractivity contribution in [2.24, 2.45) is 5.92 Å². The number of hydrogen-bond acceptors (Lipinski definition) is 2. The highest BCUT2D eigenvalue weighted by molar-refractivity contribution is 14.1. The molecule has 14 heavy (non-hydrogen) atoms. The fourth-order valence-corrected chi connectivity index (χ4v) is 2.08. The van der Waals surface area contributed by atoms with Crippen molar-refractivity contribution in [3.05, 3.63) is 27.3 Å².